The Morgan fingerprint density at radius 3 is 2.77 bits per heavy atom. The van der Waals surface area contributed by atoms with Crippen LogP contribution in [0.25, 0.3) is 0 Å². The van der Waals surface area contributed by atoms with Gasteiger partial charge in [-0.25, -0.2) is 23.1 Å². The molecule has 120 valence electrons. The minimum atomic E-state index is -3.49. The number of anilines is 2. The van der Waals surface area contributed by atoms with Crippen LogP contribution in [0, 0.1) is 0 Å². The molecule has 1 aliphatic heterocycles. The molecule has 22 heavy (non-hydrogen) atoms. The standard InChI is InChI=1S/C13H17N3O5S/c1-8(2)21-13(18)16-10(7-22(3,19)20)12(17)15-9-5-4-6-14-11(9)16/h4-6,8,10H,7H2,1-3H3,(H,15,17). The van der Waals surface area contributed by atoms with Gasteiger partial charge in [0.05, 0.1) is 17.5 Å². The number of carbonyl (C=O) groups is 2. The summed E-state index contributed by atoms with van der Waals surface area (Å²) < 4.78 is 28.2. The summed E-state index contributed by atoms with van der Waals surface area (Å²) in [5.74, 6) is -0.935. The molecule has 1 N–H and O–H groups in total. The highest BCUT2D eigenvalue weighted by Crippen LogP contribution is 2.30. The van der Waals surface area contributed by atoms with Crippen LogP contribution in [0.15, 0.2) is 18.3 Å². The fraction of sp³-hybridized carbons (Fsp3) is 0.462. The van der Waals surface area contributed by atoms with E-state index >= 15 is 0 Å². The number of ether oxygens (including phenoxy) is 1. The van der Waals surface area contributed by atoms with Crippen molar-refractivity contribution in [2.24, 2.45) is 0 Å². The fourth-order valence-electron chi connectivity index (χ4n) is 2.08. The molecule has 0 spiro atoms. The number of amides is 2. The topological polar surface area (TPSA) is 106 Å². The minimum absolute atomic E-state index is 0.168. The number of fused-ring (bicyclic) bond motifs is 1. The van der Waals surface area contributed by atoms with E-state index in [9.17, 15) is 18.0 Å². The van der Waals surface area contributed by atoms with E-state index in [-0.39, 0.29) is 5.82 Å². The molecule has 0 saturated carbocycles. The largest absolute Gasteiger partial charge is 0.446 e. The minimum Gasteiger partial charge on any atom is -0.446 e. The first-order valence-corrected chi connectivity index (χ1v) is 8.68. The van der Waals surface area contributed by atoms with Crippen LogP contribution in [0.4, 0.5) is 16.3 Å². The summed E-state index contributed by atoms with van der Waals surface area (Å²) in [6.07, 6.45) is 1.23. The smallest absolute Gasteiger partial charge is 0.416 e. The molecule has 9 heteroatoms. The lowest BCUT2D eigenvalue weighted by molar-refractivity contribution is -0.117. The zero-order valence-corrected chi connectivity index (χ0v) is 13.3. The number of carbonyl (C=O) groups excluding carboxylic acids is 2. The molecule has 1 atom stereocenters. The molecular formula is C13H17N3O5S. The van der Waals surface area contributed by atoms with Crippen LogP contribution in [0.3, 0.4) is 0 Å². The van der Waals surface area contributed by atoms with Crippen molar-refractivity contribution in [3.05, 3.63) is 18.3 Å². The van der Waals surface area contributed by atoms with Crippen molar-refractivity contribution in [1.82, 2.24) is 4.98 Å². The normalized spacial score (nSPS) is 17.9. The van der Waals surface area contributed by atoms with Crippen molar-refractivity contribution in [2.45, 2.75) is 26.0 Å². The molecule has 1 aliphatic rings. The lowest BCUT2D eigenvalue weighted by atomic mass is 10.2. The summed E-state index contributed by atoms with van der Waals surface area (Å²) in [6.45, 7) is 3.32. The number of nitrogens with one attached hydrogen (secondary N) is 1. The number of hydrogen-bond acceptors (Lipinski definition) is 6. The van der Waals surface area contributed by atoms with Crippen LogP contribution in [-0.4, -0.2) is 49.6 Å². The zero-order chi connectivity index (χ0) is 16.5. The molecule has 0 saturated heterocycles. The third-order valence-electron chi connectivity index (χ3n) is 2.88. The van der Waals surface area contributed by atoms with Crippen LogP contribution in [0.1, 0.15) is 13.8 Å². The van der Waals surface area contributed by atoms with E-state index < -0.39 is 39.7 Å². The maximum atomic E-state index is 12.3. The molecule has 1 aromatic heterocycles. The van der Waals surface area contributed by atoms with E-state index in [1.165, 1.54) is 6.20 Å². The van der Waals surface area contributed by atoms with Gasteiger partial charge >= 0.3 is 6.09 Å². The summed E-state index contributed by atoms with van der Waals surface area (Å²) in [5.41, 5.74) is 0.331. The third kappa shape index (κ3) is 3.53. The summed E-state index contributed by atoms with van der Waals surface area (Å²) in [5, 5.41) is 2.56. The molecule has 0 bridgehead atoms. The van der Waals surface area contributed by atoms with E-state index in [2.05, 4.69) is 10.3 Å². The summed E-state index contributed by atoms with van der Waals surface area (Å²) in [6, 6.07) is 1.96. The van der Waals surface area contributed by atoms with Crippen molar-refractivity contribution in [3.63, 3.8) is 0 Å². The lowest BCUT2D eigenvalue weighted by Gasteiger charge is -2.34. The van der Waals surface area contributed by atoms with Crippen molar-refractivity contribution < 1.29 is 22.7 Å². The lowest BCUT2D eigenvalue weighted by Crippen LogP contribution is -2.54. The molecule has 2 rings (SSSR count). The van der Waals surface area contributed by atoms with Crippen molar-refractivity contribution in [1.29, 1.82) is 0 Å². The first-order chi connectivity index (χ1) is 10.2. The van der Waals surface area contributed by atoms with Gasteiger partial charge < -0.3 is 10.1 Å². The van der Waals surface area contributed by atoms with Gasteiger partial charge in [-0.3, -0.25) is 4.79 Å². The highest BCUT2D eigenvalue weighted by atomic mass is 32.2. The highest BCUT2D eigenvalue weighted by Gasteiger charge is 2.40. The Labute approximate surface area is 128 Å². The predicted octanol–water partition coefficient (Wildman–Crippen LogP) is 0.798. The Morgan fingerprint density at radius 1 is 1.50 bits per heavy atom. The summed E-state index contributed by atoms with van der Waals surface area (Å²) in [7, 11) is -3.49. The van der Waals surface area contributed by atoms with Gasteiger partial charge in [-0.05, 0) is 26.0 Å². The predicted molar refractivity (Wildman–Crippen MR) is 80.5 cm³/mol. The van der Waals surface area contributed by atoms with E-state index in [1.807, 2.05) is 0 Å². The molecule has 0 aliphatic carbocycles. The number of hydrogen-bond donors (Lipinski definition) is 1. The van der Waals surface area contributed by atoms with Gasteiger partial charge in [0.2, 0.25) is 5.91 Å². The number of sulfone groups is 1. The molecule has 1 aromatic rings. The van der Waals surface area contributed by atoms with Crippen LogP contribution >= 0.6 is 0 Å². The molecule has 2 amide bonds. The summed E-state index contributed by atoms with van der Waals surface area (Å²) >= 11 is 0. The maximum absolute atomic E-state index is 12.3. The van der Waals surface area contributed by atoms with E-state index in [0.29, 0.717) is 5.69 Å². The van der Waals surface area contributed by atoms with E-state index in [0.717, 1.165) is 11.2 Å². The first-order valence-electron chi connectivity index (χ1n) is 6.62. The fourth-order valence-corrected chi connectivity index (χ4v) is 2.95. The first kappa shape index (κ1) is 16.2. The van der Waals surface area contributed by atoms with Gasteiger partial charge in [0, 0.05) is 12.5 Å². The van der Waals surface area contributed by atoms with Crippen LogP contribution in [0.5, 0.6) is 0 Å². The van der Waals surface area contributed by atoms with Crippen molar-refractivity contribution in [3.8, 4) is 0 Å². The Morgan fingerprint density at radius 2 is 2.18 bits per heavy atom. The number of pyridine rings is 1. The van der Waals surface area contributed by atoms with Gasteiger partial charge in [0.15, 0.2) is 5.82 Å². The van der Waals surface area contributed by atoms with Gasteiger partial charge in [0.1, 0.15) is 15.9 Å². The average Bonchev–Trinajstić information content (AvgIpc) is 2.37. The molecule has 2 heterocycles. The van der Waals surface area contributed by atoms with E-state index in [1.54, 1.807) is 26.0 Å². The second-order valence-electron chi connectivity index (χ2n) is 5.27. The molecule has 8 nitrogen and oxygen atoms in total. The van der Waals surface area contributed by atoms with E-state index in [4.69, 9.17) is 4.74 Å². The zero-order valence-electron chi connectivity index (χ0n) is 12.4. The SMILES string of the molecule is CC(C)OC(=O)N1c2ncccc2NC(=O)C1CS(C)(=O)=O. The quantitative estimate of drug-likeness (QED) is 0.880. The Balaban J connectivity index is 2.47. The molecule has 0 fully saturated rings. The third-order valence-corrected chi connectivity index (χ3v) is 3.80. The second-order valence-corrected chi connectivity index (χ2v) is 7.46. The number of nitrogens with zero attached hydrogens (tertiary/aromatic N) is 2. The molecule has 0 aromatic carbocycles. The highest BCUT2D eigenvalue weighted by molar-refractivity contribution is 7.90. The Kier molecular flexibility index (Phi) is 4.36. The van der Waals surface area contributed by atoms with Crippen LogP contribution < -0.4 is 10.2 Å². The molecular weight excluding hydrogens is 310 g/mol. The van der Waals surface area contributed by atoms with Gasteiger partial charge in [-0.1, -0.05) is 0 Å². The van der Waals surface area contributed by atoms with Crippen LogP contribution in [-0.2, 0) is 19.4 Å². The maximum Gasteiger partial charge on any atom is 0.416 e. The second kappa shape index (κ2) is 5.91. The monoisotopic (exact) mass is 327 g/mol. The van der Waals surface area contributed by atoms with Crippen molar-refractivity contribution in [2.75, 3.05) is 22.2 Å². The number of rotatable bonds is 3. The van der Waals surface area contributed by atoms with Crippen LogP contribution in [0.2, 0.25) is 0 Å². The number of aromatic nitrogens is 1. The van der Waals surface area contributed by atoms with Gasteiger partial charge in [0.25, 0.3) is 0 Å². The van der Waals surface area contributed by atoms with Gasteiger partial charge in [-0.2, -0.15) is 0 Å². The molecule has 1 unspecified atom stereocenters. The Hall–Kier alpha value is -2.16. The Bertz CT molecular complexity index is 701. The average molecular weight is 327 g/mol. The summed E-state index contributed by atoms with van der Waals surface area (Å²) in [4.78, 5) is 29.5. The molecule has 0 radical (unpaired) electrons. The van der Waals surface area contributed by atoms with Crippen molar-refractivity contribution >= 4 is 33.3 Å². The van der Waals surface area contributed by atoms with Gasteiger partial charge in [-0.15, -0.1) is 0 Å².